The van der Waals surface area contributed by atoms with Crippen molar-refractivity contribution < 1.29 is 13.9 Å². The zero-order chi connectivity index (χ0) is 25.1. The monoisotopic (exact) mass is 509 g/mol. The van der Waals surface area contributed by atoms with E-state index in [-0.39, 0.29) is 17.1 Å². The fourth-order valence-electron chi connectivity index (χ4n) is 5.27. The molecule has 3 aromatic heterocycles. The van der Waals surface area contributed by atoms with E-state index in [9.17, 15) is 4.79 Å². The van der Waals surface area contributed by atoms with Crippen LogP contribution in [-0.2, 0) is 10.5 Å². The van der Waals surface area contributed by atoms with Gasteiger partial charge >= 0.3 is 0 Å². The summed E-state index contributed by atoms with van der Waals surface area (Å²) in [6.07, 6.45) is 2.78. The molecule has 4 heterocycles. The molecule has 0 fully saturated rings. The van der Waals surface area contributed by atoms with Gasteiger partial charge in [-0.3, -0.25) is 4.79 Å². The maximum absolute atomic E-state index is 13.5. The van der Waals surface area contributed by atoms with Crippen molar-refractivity contribution in [2.75, 3.05) is 0 Å². The summed E-state index contributed by atoms with van der Waals surface area (Å²) in [4.78, 5) is 27.5. The second-order valence-electron chi connectivity index (χ2n) is 10.2. The first-order valence-electron chi connectivity index (χ1n) is 12.2. The van der Waals surface area contributed by atoms with E-state index in [0.717, 1.165) is 22.2 Å². The fourth-order valence-corrected chi connectivity index (χ4v) is 5.96. The van der Waals surface area contributed by atoms with E-state index in [2.05, 4.69) is 28.9 Å². The molecule has 1 atom stereocenters. The molecule has 5 aromatic rings. The van der Waals surface area contributed by atoms with Gasteiger partial charge < -0.3 is 9.15 Å². The molecule has 1 unspecified atom stereocenters. The molecule has 2 aromatic carbocycles. The molecule has 0 amide bonds. The molecule has 8 nitrogen and oxygen atoms in total. The van der Waals surface area contributed by atoms with Gasteiger partial charge in [-0.05, 0) is 23.1 Å². The van der Waals surface area contributed by atoms with Gasteiger partial charge in [0.15, 0.2) is 22.8 Å². The number of hydrogen-bond acceptors (Lipinski definition) is 8. The molecule has 0 bridgehead atoms. The first-order chi connectivity index (χ1) is 17.9. The molecule has 37 heavy (non-hydrogen) atoms. The van der Waals surface area contributed by atoms with E-state index in [1.807, 2.05) is 54.6 Å². The minimum absolute atomic E-state index is 0.110. The number of oxazole rings is 1. The Labute approximate surface area is 216 Å². The SMILES string of the molecule is CC1(C)CC(=O)C2=C(C1)Oc1ncn3nc(CSc4nc5ccccc5o4)nc3c1C2c1ccccc1. The minimum Gasteiger partial charge on any atom is -0.442 e. The number of Topliss-reactive ketones (excluding diaryl/α,β-unsaturated/α-hetero) is 1. The third-order valence-corrected chi connectivity index (χ3v) is 7.66. The molecule has 184 valence electrons. The zero-order valence-corrected chi connectivity index (χ0v) is 21.2. The molecule has 0 spiro atoms. The summed E-state index contributed by atoms with van der Waals surface area (Å²) < 4.78 is 13.8. The Morgan fingerprint density at radius 2 is 1.86 bits per heavy atom. The molecule has 1 aliphatic heterocycles. The van der Waals surface area contributed by atoms with E-state index in [0.29, 0.717) is 52.5 Å². The highest BCUT2D eigenvalue weighted by Crippen LogP contribution is 2.50. The number of thioether (sulfide) groups is 1. The fraction of sp³-hybridized carbons (Fsp3) is 0.250. The second kappa shape index (κ2) is 8.27. The molecule has 0 radical (unpaired) electrons. The Balaban J connectivity index is 1.30. The van der Waals surface area contributed by atoms with Crippen LogP contribution in [-0.4, -0.2) is 30.3 Å². The Kier molecular flexibility index (Phi) is 4.97. The van der Waals surface area contributed by atoms with Crippen molar-refractivity contribution in [2.45, 2.75) is 43.6 Å². The summed E-state index contributed by atoms with van der Waals surface area (Å²) in [6.45, 7) is 4.20. The number of aromatic nitrogens is 5. The average molecular weight is 510 g/mol. The van der Waals surface area contributed by atoms with Gasteiger partial charge in [-0.15, -0.1) is 5.10 Å². The van der Waals surface area contributed by atoms with E-state index in [1.54, 1.807) is 10.8 Å². The van der Waals surface area contributed by atoms with E-state index >= 15 is 0 Å². The normalized spacial score (nSPS) is 18.6. The van der Waals surface area contributed by atoms with Crippen LogP contribution in [0.2, 0.25) is 0 Å². The second-order valence-corrected chi connectivity index (χ2v) is 11.1. The van der Waals surface area contributed by atoms with Crippen molar-refractivity contribution >= 4 is 34.3 Å². The van der Waals surface area contributed by atoms with Gasteiger partial charge in [0, 0.05) is 24.3 Å². The lowest BCUT2D eigenvalue weighted by Gasteiger charge is -2.37. The highest BCUT2D eigenvalue weighted by molar-refractivity contribution is 7.98. The maximum atomic E-state index is 13.5. The van der Waals surface area contributed by atoms with Gasteiger partial charge in [-0.2, -0.15) is 0 Å². The Morgan fingerprint density at radius 3 is 2.70 bits per heavy atom. The molecule has 0 N–H and O–H groups in total. The number of nitrogens with zero attached hydrogens (tertiary/aromatic N) is 5. The van der Waals surface area contributed by atoms with Crippen LogP contribution in [0.25, 0.3) is 16.7 Å². The summed E-state index contributed by atoms with van der Waals surface area (Å²) in [5.74, 6) is 2.08. The Bertz CT molecular complexity index is 1690. The summed E-state index contributed by atoms with van der Waals surface area (Å²) in [7, 11) is 0. The van der Waals surface area contributed by atoms with Crippen LogP contribution in [0, 0.1) is 5.41 Å². The third kappa shape index (κ3) is 3.81. The number of hydrogen-bond donors (Lipinski definition) is 0. The molecule has 1 aliphatic carbocycles. The molecule has 9 heteroatoms. The minimum atomic E-state index is -0.318. The van der Waals surface area contributed by atoms with Gasteiger partial charge in [0.25, 0.3) is 5.22 Å². The summed E-state index contributed by atoms with van der Waals surface area (Å²) in [5, 5.41) is 5.23. The van der Waals surface area contributed by atoms with Crippen molar-refractivity contribution in [1.82, 2.24) is 24.6 Å². The quantitative estimate of drug-likeness (QED) is 0.284. The number of ketones is 1. The van der Waals surface area contributed by atoms with Crippen molar-refractivity contribution in [1.29, 1.82) is 0 Å². The number of allylic oxidation sites excluding steroid dienone is 2. The smallest absolute Gasteiger partial charge is 0.257 e. The Hall–Kier alpha value is -3.98. The lowest BCUT2D eigenvalue weighted by Crippen LogP contribution is -2.33. The molecular weight excluding hydrogens is 486 g/mol. The Morgan fingerprint density at radius 1 is 1.05 bits per heavy atom. The standard InChI is InChI=1S/C28H23N5O3S/c1-28(2)12-18(34)23-20(13-28)35-26-24(22(23)16-8-4-3-5-9-16)25-31-21(32-33(25)15-29-26)14-37-27-30-17-10-6-7-11-19(17)36-27/h3-11,15,22H,12-14H2,1-2H3. The molecule has 0 saturated heterocycles. The summed E-state index contributed by atoms with van der Waals surface area (Å²) in [5.41, 5.74) is 4.52. The van der Waals surface area contributed by atoms with Gasteiger partial charge in [-0.1, -0.05) is 68.1 Å². The number of fused-ring (bicyclic) bond motifs is 4. The van der Waals surface area contributed by atoms with E-state index in [4.69, 9.17) is 14.1 Å². The number of para-hydroxylation sites is 2. The van der Waals surface area contributed by atoms with Crippen LogP contribution in [0.15, 0.2) is 81.9 Å². The number of carbonyl (C=O) groups is 1. The lowest BCUT2D eigenvalue weighted by atomic mass is 9.70. The predicted octanol–water partition coefficient (Wildman–Crippen LogP) is 5.73. The van der Waals surface area contributed by atoms with E-state index in [1.165, 1.54) is 11.8 Å². The van der Waals surface area contributed by atoms with Gasteiger partial charge in [0.2, 0.25) is 5.88 Å². The molecule has 0 saturated carbocycles. The number of ether oxygens (including phenoxy) is 1. The summed E-state index contributed by atoms with van der Waals surface area (Å²) >= 11 is 1.44. The van der Waals surface area contributed by atoms with Gasteiger partial charge in [0.1, 0.15) is 17.6 Å². The van der Waals surface area contributed by atoms with Crippen LogP contribution < -0.4 is 4.74 Å². The molecule has 2 aliphatic rings. The lowest BCUT2D eigenvalue weighted by molar-refractivity contribution is -0.118. The van der Waals surface area contributed by atoms with Crippen molar-refractivity contribution in [3.8, 4) is 5.88 Å². The number of rotatable bonds is 4. The first kappa shape index (κ1) is 22.2. The van der Waals surface area contributed by atoms with Crippen LogP contribution in [0.4, 0.5) is 0 Å². The van der Waals surface area contributed by atoms with Gasteiger partial charge in [-0.25, -0.2) is 19.5 Å². The third-order valence-electron chi connectivity index (χ3n) is 6.84. The zero-order valence-electron chi connectivity index (χ0n) is 20.3. The molecular formula is C28H23N5O3S. The van der Waals surface area contributed by atoms with Crippen molar-refractivity contribution in [3.63, 3.8) is 0 Å². The summed E-state index contributed by atoms with van der Waals surface area (Å²) in [6, 6.07) is 17.7. The highest BCUT2D eigenvalue weighted by Gasteiger charge is 2.43. The van der Waals surface area contributed by atoms with Crippen LogP contribution in [0.1, 0.15) is 49.6 Å². The maximum Gasteiger partial charge on any atom is 0.257 e. The average Bonchev–Trinajstić information content (AvgIpc) is 3.49. The van der Waals surface area contributed by atoms with Crippen LogP contribution >= 0.6 is 11.8 Å². The molecule has 7 rings (SSSR count). The first-order valence-corrected chi connectivity index (χ1v) is 13.2. The van der Waals surface area contributed by atoms with Crippen molar-refractivity contribution in [2.24, 2.45) is 5.41 Å². The highest BCUT2D eigenvalue weighted by atomic mass is 32.2. The predicted molar refractivity (Wildman–Crippen MR) is 138 cm³/mol. The van der Waals surface area contributed by atoms with Crippen molar-refractivity contribution in [3.05, 3.63) is 89.2 Å². The number of benzene rings is 2. The van der Waals surface area contributed by atoms with Crippen LogP contribution in [0.3, 0.4) is 0 Å². The largest absolute Gasteiger partial charge is 0.442 e. The van der Waals surface area contributed by atoms with Gasteiger partial charge in [0.05, 0.1) is 11.3 Å². The van der Waals surface area contributed by atoms with E-state index < -0.39 is 0 Å². The van der Waals surface area contributed by atoms with Crippen LogP contribution in [0.5, 0.6) is 5.88 Å². The topological polar surface area (TPSA) is 95.4 Å². The number of carbonyl (C=O) groups excluding carboxylic acids is 1.